The summed E-state index contributed by atoms with van der Waals surface area (Å²) < 4.78 is 0. The zero-order valence-electron chi connectivity index (χ0n) is 9.96. The Kier molecular flexibility index (Phi) is 8.25. The van der Waals surface area contributed by atoms with Crippen molar-refractivity contribution in [1.82, 2.24) is 4.90 Å². The minimum atomic E-state index is 1.14. The smallest absolute Gasteiger partial charge is 0.00504 e. The molecular formula is C13H23N. The number of benzene rings is 1. The molecule has 0 aliphatic rings. The average Bonchev–Trinajstić information content (AvgIpc) is 2.30. The van der Waals surface area contributed by atoms with Gasteiger partial charge in [-0.25, -0.2) is 0 Å². The second kappa shape index (κ2) is 8.76. The maximum atomic E-state index is 2.25. The van der Waals surface area contributed by atoms with Crippen LogP contribution >= 0.6 is 0 Å². The Labute approximate surface area is 88.8 Å². The van der Waals surface area contributed by atoms with Crippen LogP contribution in [0.15, 0.2) is 30.3 Å². The van der Waals surface area contributed by atoms with Crippen molar-refractivity contribution in [2.24, 2.45) is 0 Å². The molecule has 0 saturated carbocycles. The summed E-state index contributed by atoms with van der Waals surface area (Å²) in [6, 6.07) is 10.5. The Morgan fingerprint density at radius 1 is 0.929 bits per heavy atom. The summed E-state index contributed by atoms with van der Waals surface area (Å²) >= 11 is 0. The molecule has 80 valence electrons. The zero-order chi connectivity index (χ0) is 10.8. The lowest BCUT2D eigenvalue weighted by Crippen LogP contribution is -2.15. The number of rotatable bonds is 3. The van der Waals surface area contributed by atoms with Crippen LogP contribution in [0.5, 0.6) is 0 Å². The zero-order valence-corrected chi connectivity index (χ0v) is 9.96. The lowest BCUT2D eigenvalue weighted by atomic mass is 10.2. The fourth-order valence-electron chi connectivity index (χ4n) is 0.937. The molecule has 1 aromatic rings. The van der Waals surface area contributed by atoms with Crippen molar-refractivity contribution in [3.05, 3.63) is 35.9 Å². The van der Waals surface area contributed by atoms with Gasteiger partial charge in [-0.1, -0.05) is 51.1 Å². The number of nitrogens with zero attached hydrogens (tertiary/aromatic N) is 1. The molecule has 0 bridgehead atoms. The maximum Gasteiger partial charge on any atom is -0.00504 e. The van der Waals surface area contributed by atoms with Crippen molar-refractivity contribution in [1.29, 1.82) is 0 Å². The normalized spacial score (nSPS) is 9.50. The van der Waals surface area contributed by atoms with Gasteiger partial charge in [0.1, 0.15) is 0 Å². The Hall–Kier alpha value is -0.820. The van der Waals surface area contributed by atoms with Gasteiger partial charge in [-0.2, -0.15) is 0 Å². The Morgan fingerprint density at radius 3 is 1.64 bits per heavy atom. The molecule has 14 heavy (non-hydrogen) atoms. The molecule has 0 fully saturated rings. The number of hydrogen-bond acceptors (Lipinski definition) is 1. The van der Waals surface area contributed by atoms with Gasteiger partial charge >= 0.3 is 0 Å². The van der Waals surface area contributed by atoms with Crippen LogP contribution in [0.1, 0.15) is 26.3 Å². The molecule has 0 aromatic heterocycles. The molecule has 0 unspecified atom stereocenters. The molecule has 0 aliphatic carbocycles. The highest BCUT2D eigenvalue weighted by Crippen LogP contribution is 1.96. The van der Waals surface area contributed by atoms with E-state index >= 15 is 0 Å². The molecule has 0 heterocycles. The second-order valence-electron chi connectivity index (χ2n) is 3.33. The standard InChI is InChI=1S/C8H10.C5H13N/c1-2-8-6-4-3-5-7-8;1-4-6(3)5-2/h3-7H,2H2,1H3;4-5H2,1-3H3. The quantitative estimate of drug-likeness (QED) is 0.712. The van der Waals surface area contributed by atoms with Crippen LogP contribution in [0.3, 0.4) is 0 Å². The first-order valence-electron chi connectivity index (χ1n) is 5.47. The third kappa shape index (κ3) is 6.67. The minimum Gasteiger partial charge on any atom is -0.307 e. The fourth-order valence-corrected chi connectivity index (χ4v) is 0.937. The number of aryl methyl sites for hydroxylation is 1. The highest BCUT2D eigenvalue weighted by Gasteiger charge is 1.81. The lowest BCUT2D eigenvalue weighted by molar-refractivity contribution is 0.373. The summed E-state index contributed by atoms with van der Waals surface area (Å²) in [4.78, 5) is 2.25. The van der Waals surface area contributed by atoms with E-state index in [0.717, 1.165) is 19.5 Å². The topological polar surface area (TPSA) is 3.24 Å². The summed E-state index contributed by atoms with van der Waals surface area (Å²) in [7, 11) is 2.11. The maximum absolute atomic E-state index is 2.25. The predicted octanol–water partition coefficient (Wildman–Crippen LogP) is 3.21. The van der Waals surface area contributed by atoms with Crippen molar-refractivity contribution in [2.45, 2.75) is 27.2 Å². The van der Waals surface area contributed by atoms with E-state index in [0.29, 0.717) is 0 Å². The Bertz CT molecular complexity index is 202. The van der Waals surface area contributed by atoms with E-state index < -0.39 is 0 Å². The summed E-state index contributed by atoms with van der Waals surface area (Å²) in [5.74, 6) is 0. The highest BCUT2D eigenvalue weighted by atomic mass is 15.1. The van der Waals surface area contributed by atoms with Gasteiger partial charge in [0.15, 0.2) is 0 Å². The summed E-state index contributed by atoms with van der Waals surface area (Å²) in [5, 5.41) is 0. The van der Waals surface area contributed by atoms with Crippen molar-refractivity contribution < 1.29 is 0 Å². The monoisotopic (exact) mass is 193 g/mol. The average molecular weight is 193 g/mol. The van der Waals surface area contributed by atoms with Gasteiger partial charge in [0.25, 0.3) is 0 Å². The van der Waals surface area contributed by atoms with E-state index in [1.54, 1.807) is 0 Å². The van der Waals surface area contributed by atoms with Gasteiger partial charge in [0.05, 0.1) is 0 Å². The van der Waals surface area contributed by atoms with Crippen LogP contribution in [-0.2, 0) is 6.42 Å². The van der Waals surface area contributed by atoms with Crippen LogP contribution in [0.4, 0.5) is 0 Å². The van der Waals surface area contributed by atoms with E-state index in [2.05, 4.69) is 57.0 Å². The van der Waals surface area contributed by atoms with Crippen molar-refractivity contribution in [3.8, 4) is 0 Å². The van der Waals surface area contributed by atoms with Gasteiger partial charge in [0, 0.05) is 0 Å². The highest BCUT2D eigenvalue weighted by molar-refractivity contribution is 5.13. The molecule has 1 nitrogen and oxygen atoms in total. The molecule has 0 N–H and O–H groups in total. The first-order valence-corrected chi connectivity index (χ1v) is 5.47. The summed E-state index contributed by atoms with van der Waals surface area (Å²) in [6.07, 6.45) is 1.14. The van der Waals surface area contributed by atoms with Gasteiger partial charge < -0.3 is 4.90 Å². The molecular weight excluding hydrogens is 170 g/mol. The van der Waals surface area contributed by atoms with Gasteiger partial charge in [-0.05, 0) is 32.1 Å². The molecule has 0 amide bonds. The molecule has 0 saturated heterocycles. The van der Waals surface area contributed by atoms with E-state index in [1.165, 1.54) is 5.56 Å². The minimum absolute atomic E-state index is 1.14. The second-order valence-corrected chi connectivity index (χ2v) is 3.33. The van der Waals surface area contributed by atoms with E-state index in [9.17, 15) is 0 Å². The third-order valence-corrected chi connectivity index (χ3v) is 2.33. The predicted molar refractivity (Wildman–Crippen MR) is 64.7 cm³/mol. The lowest BCUT2D eigenvalue weighted by Gasteiger charge is -2.07. The molecule has 1 rings (SSSR count). The van der Waals surface area contributed by atoms with Gasteiger partial charge in [-0.15, -0.1) is 0 Å². The van der Waals surface area contributed by atoms with Gasteiger partial charge in [-0.3, -0.25) is 0 Å². The molecule has 1 aromatic carbocycles. The summed E-state index contributed by atoms with van der Waals surface area (Å²) in [5.41, 5.74) is 1.41. The molecule has 0 aliphatic heterocycles. The van der Waals surface area contributed by atoms with Crippen LogP contribution in [-0.4, -0.2) is 25.0 Å². The van der Waals surface area contributed by atoms with Crippen LogP contribution in [0, 0.1) is 0 Å². The molecule has 0 atom stereocenters. The van der Waals surface area contributed by atoms with Crippen LogP contribution < -0.4 is 0 Å². The van der Waals surface area contributed by atoms with Crippen LogP contribution in [0.25, 0.3) is 0 Å². The third-order valence-electron chi connectivity index (χ3n) is 2.33. The Morgan fingerprint density at radius 2 is 1.43 bits per heavy atom. The molecule has 0 radical (unpaired) electrons. The molecule has 1 heteroatoms. The van der Waals surface area contributed by atoms with Crippen molar-refractivity contribution in [2.75, 3.05) is 20.1 Å². The summed E-state index contributed by atoms with van der Waals surface area (Å²) in [6.45, 7) is 8.80. The SMILES string of the molecule is CCN(C)CC.CCc1ccccc1. The van der Waals surface area contributed by atoms with Crippen LogP contribution in [0.2, 0.25) is 0 Å². The van der Waals surface area contributed by atoms with E-state index in [1.807, 2.05) is 6.07 Å². The number of hydrogen-bond donors (Lipinski definition) is 0. The van der Waals surface area contributed by atoms with E-state index in [4.69, 9.17) is 0 Å². The fraction of sp³-hybridized carbons (Fsp3) is 0.538. The largest absolute Gasteiger partial charge is 0.307 e. The first-order chi connectivity index (χ1) is 6.74. The van der Waals surface area contributed by atoms with Crippen molar-refractivity contribution in [3.63, 3.8) is 0 Å². The molecule has 0 spiro atoms. The Balaban J connectivity index is 0.000000255. The van der Waals surface area contributed by atoms with E-state index in [-0.39, 0.29) is 0 Å². The first kappa shape index (κ1) is 13.2. The van der Waals surface area contributed by atoms with Gasteiger partial charge in [0.2, 0.25) is 0 Å². The van der Waals surface area contributed by atoms with Crippen molar-refractivity contribution >= 4 is 0 Å².